The van der Waals surface area contributed by atoms with Gasteiger partial charge in [-0.1, -0.05) is 51.8 Å². The molecule has 1 unspecified atom stereocenters. The Morgan fingerprint density at radius 2 is 1.82 bits per heavy atom. The van der Waals surface area contributed by atoms with Crippen LogP contribution in [-0.2, 0) is 0 Å². The Balaban J connectivity index is 2.43. The SMILES string of the molecule is Cc1ccc(-c2c(C(C)Br)oc3cccc(F)c3c2=O)cc1. The topological polar surface area (TPSA) is 30.2 Å². The van der Waals surface area contributed by atoms with Crippen LogP contribution in [0.4, 0.5) is 4.39 Å². The summed E-state index contributed by atoms with van der Waals surface area (Å²) in [7, 11) is 0. The molecule has 2 aromatic carbocycles. The lowest BCUT2D eigenvalue weighted by atomic mass is 10.00. The van der Waals surface area contributed by atoms with E-state index in [1.807, 2.05) is 38.1 Å². The van der Waals surface area contributed by atoms with Gasteiger partial charge in [0.05, 0.1) is 10.4 Å². The summed E-state index contributed by atoms with van der Waals surface area (Å²) in [5.74, 6) is -0.0552. The summed E-state index contributed by atoms with van der Waals surface area (Å²) in [4.78, 5) is 12.7. The van der Waals surface area contributed by atoms with Gasteiger partial charge in [0.1, 0.15) is 22.5 Å². The van der Waals surface area contributed by atoms with E-state index in [9.17, 15) is 9.18 Å². The van der Waals surface area contributed by atoms with E-state index in [2.05, 4.69) is 15.9 Å². The minimum atomic E-state index is -0.562. The number of aryl methyl sites for hydroxylation is 1. The first kappa shape index (κ1) is 15.0. The molecular weight excluding hydrogens is 347 g/mol. The van der Waals surface area contributed by atoms with Crippen LogP contribution in [0.15, 0.2) is 51.7 Å². The summed E-state index contributed by atoms with van der Waals surface area (Å²) in [5.41, 5.74) is 2.15. The van der Waals surface area contributed by atoms with Gasteiger partial charge in [-0.15, -0.1) is 0 Å². The van der Waals surface area contributed by atoms with Gasteiger partial charge in [-0.3, -0.25) is 4.79 Å². The number of hydrogen-bond donors (Lipinski definition) is 0. The van der Waals surface area contributed by atoms with Crippen molar-refractivity contribution in [1.82, 2.24) is 0 Å². The van der Waals surface area contributed by atoms with Crippen LogP contribution >= 0.6 is 15.9 Å². The Kier molecular flexibility index (Phi) is 3.87. The average molecular weight is 361 g/mol. The predicted octanol–water partition coefficient (Wildman–Crippen LogP) is 5.36. The standard InChI is InChI=1S/C18H14BrFO2/c1-10-6-8-12(9-7-10)15-17(21)16-13(20)4-3-5-14(16)22-18(15)11(2)19/h3-9,11H,1-2H3. The van der Waals surface area contributed by atoms with Crippen LogP contribution in [-0.4, -0.2) is 0 Å². The molecule has 0 saturated carbocycles. The van der Waals surface area contributed by atoms with Gasteiger partial charge >= 0.3 is 0 Å². The van der Waals surface area contributed by atoms with Gasteiger partial charge in [0.2, 0.25) is 5.43 Å². The fraction of sp³-hybridized carbons (Fsp3) is 0.167. The van der Waals surface area contributed by atoms with E-state index in [1.54, 1.807) is 6.07 Å². The van der Waals surface area contributed by atoms with Crippen LogP contribution < -0.4 is 5.43 Å². The van der Waals surface area contributed by atoms with Crippen molar-refractivity contribution in [3.05, 3.63) is 69.8 Å². The normalized spacial score (nSPS) is 12.5. The molecule has 0 aliphatic heterocycles. The first-order chi connectivity index (χ1) is 10.5. The summed E-state index contributed by atoms with van der Waals surface area (Å²) >= 11 is 3.46. The van der Waals surface area contributed by atoms with Crippen LogP contribution in [0.3, 0.4) is 0 Å². The Hall–Kier alpha value is -1.94. The summed E-state index contributed by atoms with van der Waals surface area (Å²) in [5, 5.41) is -0.00465. The van der Waals surface area contributed by atoms with E-state index < -0.39 is 5.82 Å². The zero-order chi connectivity index (χ0) is 15.9. The monoisotopic (exact) mass is 360 g/mol. The maximum atomic E-state index is 14.1. The summed E-state index contributed by atoms with van der Waals surface area (Å²) < 4.78 is 19.9. The van der Waals surface area contributed by atoms with Crippen molar-refractivity contribution in [2.24, 2.45) is 0 Å². The number of alkyl halides is 1. The largest absolute Gasteiger partial charge is 0.459 e. The highest BCUT2D eigenvalue weighted by Gasteiger charge is 2.20. The van der Waals surface area contributed by atoms with E-state index in [0.29, 0.717) is 11.3 Å². The molecule has 2 nitrogen and oxygen atoms in total. The Labute approximate surface area is 135 Å². The van der Waals surface area contributed by atoms with Gasteiger partial charge in [-0.2, -0.15) is 0 Å². The average Bonchev–Trinajstić information content (AvgIpc) is 2.48. The molecule has 3 aromatic rings. The number of halogens is 2. The summed E-state index contributed by atoms with van der Waals surface area (Å²) in [6, 6.07) is 12.0. The first-order valence-corrected chi connectivity index (χ1v) is 7.87. The van der Waals surface area contributed by atoms with Gasteiger partial charge in [0.25, 0.3) is 0 Å². The second-order valence-electron chi connectivity index (χ2n) is 5.27. The second-order valence-corrected chi connectivity index (χ2v) is 6.64. The van der Waals surface area contributed by atoms with Crippen LogP contribution in [0.25, 0.3) is 22.1 Å². The maximum absolute atomic E-state index is 14.1. The molecule has 0 radical (unpaired) electrons. The van der Waals surface area contributed by atoms with Crippen molar-refractivity contribution in [3.63, 3.8) is 0 Å². The molecule has 0 spiro atoms. The highest BCUT2D eigenvalue weighted by Crippen LogP contribution is 2.33. The van der Waals surface area contributed by atoms with Crippen LogP contribution in [0.2, 0.25) is 0 Å². The fourth-order valence-electron chi connectivity index (χ4n) is 2.49. The third kappa shape index (κ3) is 2.48. The molecule has 4 heteroatoms. The first-order valence-electron chi connectivity index (χ1n) is 6.95. The van der Waals surface area contributed by atoms with Gasteiger partial charge in [0, 0.05) is 0 Å². The molecule has 0 fully saturated rings. The predicted molar refractivity (Wildman–Crippen MR) is 90.0 cm³/mol. The van der Waals surface area contributed by atoms with Crippen molar-refractivity contribution < 1.29 is 8.81 Å². The van der Waals surface area contributed by atoms with E-state index in [4.69, 9.17) is 4.42 Å². The quantitative estimate of drug-likeness (QED) is 0.575. The van der Waals surface area contributed by atoms with Crippen LogP contribution in [0.1, 0.15) is 23.1 Å². The Morgan fingerprint density at radius 1 is 1.14 bits per heavy atom. The summed E-state index contributed by atoms with van der Waals surface area (Å²) in [6.07, 6.45) is 0. The van der Waals surface area contributed by atoms with E-state index in [0.717, 1.165) is 11.1 Å². The van der Waals surface area contributed by atoms with Gasteiger partial charge < -0.3 is 4.42 Å². The van der Waals surface area contributed by atoms with Gasteiger partial charge in [-0.25, -0.2) is 4.39 Å². The van der Waals surface area contributed by atoms with Crippen molar-refractivity contribution in [2.45, 2.75) is 18.7 Å². The zero-order valence-corrected chi connectivity index (χ0v) is 13.8. The molecule has 0 N–H and O–H groups in total. The second kappa shape index (κ2) is 5.69. The van der Waals surface area contributed by atoms with Crippen molar-refractivity contribution in [1.29, 1.82) is 0 Å². The van der Waals surface area contributed by atoms with Crippen molar-refractivity contribution in [2.75, 3.05) is 0 Å². The van der Waals surface area contributed by atoms with E-state index in [-0.39, 0.29) is 21.2 Å². The van der Waals surface area contributed by atoms with Crippen LogP contribution in [0.5, 0.6) is 0 Å². The molecule has 1 aromatic heterocycles. The lowest BCUT2D eigenvalue weighted by Crippen LogP contribution is -2.11. The molecule has 1 atom stereocenters. The molecule has 22 heavy (non-hydrogen) atoms. The minimum Gasteiger partial charge on any atom is -0.459 e. The van der Waals surface area contributed by atoms with Crippen molar-refractivity contribution >= 4 is 26.9 Å². The molecular formula is C18H14BrFO2. The highest BCUT2D eigenvalue weighted by molar-refractivity contribution is 9.09. The molecule has 0 bridgehead atoms. The third-order valence-electron chi connectivity index (χ3n) is 3.60. The fourth-order valence-corrected chi connectivity index (χ4v) is 2.81. The zero-order valence-electron chi connectivity index (χ0n) is 12.2. The maximum Gasteiger partial charge on any atom is 0.203 e. The third-order valence-corrected chi connectivity index (χ3v) is 4.01. The molecule has 0 amide bonds. The van der Waals surface area contributed by atoms with E-state index in [1.165, 1.54) is 12.1 Å². The van der Waals surface area contributed by atoms with Crippen LogP contribution in [0, 0.1) is 12.7 Å². The van der Waals surface area contributed by atoms with Gasteiger partial charge in [0.15, 0.2) is 0 Å². The Morgan fingerprint density at radius 3 is 2.45 bits per heavy atom. The molecule has 0 saturated heterocycles. The highest BCUT2D eigenvalue weighted by atomic mass is 79.9. The minimum absolute atomic E-state index is 0.00465. The molecule has 0 aliphatic rings. The lowest BCUT2D eigenvalue weighted by Gasteiger charge is -2.12. The molecule has 1 heterocycles. The van der Waals surface area contributed by atoms with E-state index >= 15 is 0 Å². The number of hydrogen-bond acceptors (Lipinski definition) is 2. The van der Waals surface area contributed by atoms with Crippen molar-refractivity contribution in [3.8, 4) is 11.1 Å². The summed E-state index contributed by atoms with van der Waals surface area (Å²) in [6.45, 7) is 3.85. The Bertz CT molecular complexity index is 895. The molecule has 112 valence electrons. The molecule has 0 aliphatic carbocycles. The smallest absolute Gasteiger partial charge is 0.203 e. The molecule has 3 rings (SSSR count). The lowest BCUT2D eigenvalue weighted by molar-refractivity contribution is 0.540. The van der Waals surface area contributed by atoms with Gasteiger partial charge in [-0.05, 0) is 31.5 Å². The number of benzene rings is 2. The number of rotatable bonds is 2. The number of fused-ring (bicyclic) bond motifs is 1.